The molecule has 108 valence electrons. The summed E-state index contributed by atoms with van der Waals surface area (Å²) in [6.07, 6.45) is 3.60. The summed E-state index contributed by atoms with van der Waals surface area (Å²) >= 11 is 0. The first-order chi connectivity index (χ1) is 9.58. The Balaban J connectivity index is 2.19. The van der Waals surface area contributed by atoms with E-state index in [4.69, 9.17) is 5.21 Å². The Morgan fingerprint density at radius 1 is 1.20 bits per heavy atom. The van der Waals surface area contributed by atoms with E-state index in [1.807, 2.05) is 31.2 Å². The summed E-state index contributed by atoms with van der Waals surface area (Å²) in [5.74, 6) is -0.752. The van der Waals surface area contributed by atoms with Crippen molar-refractivity contribution in [2.24, 2.45) is 0 Å². The molecule has 1 fully saturated rings. The van der Waals surface area contributed by atoms with Gasteiger partial charge in [0.25, 0.3) is 5.91 Å². The molecule has 5 heteroatoms. The van der Waals surface area contributed by atoms with Gasteiger partial charge in [-0.15, -0.1) is 0 Å². The number of nitrogens with one attached hydrogen (secondary N) is 2. The highest BCUT2D eigenvalue weighted by atomic mass is 16.5. The maximum absolute atomic E-state index is 12.5. The molecule has 20 heavy (non-hydrogen) atoms. The highest BCUT2D eigenvalue weighted by Crippen LogP contribution is 2.41. The Hall–Kier alpha value is -1.88. The molecule has 0 saturated heterocycles. The van der Waals surface area contributed by atoms with Crippen molar-refractivity contribution in [3.05, 3.63) is 35.4 Å². The molecular weight excluding hydrogens is 256 g/mol. The standard InChI is InChI=1S/C15H20N2O3/c1-11-4-6-12(7-5-11)15(8-2-3-9-15)14(19)16-10-13(18)17-20/h4-7,20H,2-3,8-10H2,1H3,(H,16,19)(H,17,18). The van der Waals surface area contributed by atoms with Crippen LogP contribution in [-0.4, -0.2) is 23.6 Å². The van der Waals surface area contributed by atoms with Gasteiger partial charge < -0.3 is 5.32 Å². The molecule has 2 rings (SSSR count). The number of carbonyl (C=O) groups is 2. The minimum Gasteiger partial charge on any atom is -0.346 e. The molecule has 0 unspecified atom stereocenters. The van der Waals surface area contributed by atoms with E-state index in [0.717, 1.165) is 36.8 Å². The van der Waals surface area contributed by atoms with Crippen molar-refractivity contribution in [1.82, 2.24) is 10.8 Å². The Morgan fingerprint density at radius 3 is 2.35 bits per heavy atom. The van der Waals surface area contributed by atoms with Crippen molar-refractivity contribution in [3.63, 3.8) is 0 Å². The highest BCUT2D eigenvalue weighted by Gasteiger charge is 2.42. The van der Waals surface area contributed by atoms with E-state index in [1.165, 1.54) is 5.48 Å². The lowest BCUT2D eigenvalue weighted by atomic mass is 9.77. The molecule has 5 nitrogen and oxygen atoms in total. The quantitative estimate of drug-likeness (QED) is 0.575. The molecule has 1 aliphatic rings. The van der Waals surface area contributed by atoms with E-state index in [1.54, 1.807) is 0 Å². The largest absolute Gasteiger partial charge is 0.346 e. The number of amides is 2. The lowest BCUT2D eigenvalue weighted by molar-refractivity contribution is -0.133. The van der Waals surface area contributed by atoms with Crippen molar-refractivity contribution in [3.8, 4) is 0 Å². The van der Waals surface area contributed by atoms with Crippen molar-refractivity contribution < 1.29 is 14.8 Å². The van der Waals surface area contributed by atoms with Crippen LogP contribution in [0.15, 0.2) is 24.3 Å². The number of carbonyl (C=O) groups excluding carboxylic acids is 2. The van der Waals surface area contributed by atoms with Crippen LogP contribution in [0.5, 0.6) is 0 Å². The third-order valence-corrected chi connectivity index (χ3v) is 4.03. The number of rotatable bonds is 4. The van der Waals surface area contributed by atoms with E-state index in [9.17, 15) is 9.59 Å². The maximum Gasteiger partial charge on any atom is 0.262 e. The zero-order valence-electron chi connectivity index (χ0n) is 11.6. The van der Waals surface area contributed by atoms with Gasteiger partial charge in [0.05, 0.1) is 12.0 Å². The van der Waals surface area contributed by atoms with Gasteiger partial charge in [-0.2, -0.15) is 0 Å². The Morgan fingerprint density at radius 2 is 1.80 bits per heavy atom. The van der Waals surface area contributed by atoms with Gasteiger partial charge in [0, 0.05) is 0 Å². The summed E-state index contributed by atoms with van der Waals surface area (Å²) in [4.78, 5) is 23.5. The van der Waals surface area contributed by atoms with E-state index in [-0.39, 0.29) is 12.5 Å². The molecule has 0 bridgehead atoms. The number of hydrogen-bond donors (Lipinski definition) is 3. The molecule has 1 saturated carbocycles. The smallest absolute Gasteiger partial charge is 0.262 e. The second kappa shape index (κ2) is 6.05. The number of benzene rings is 1. The summed E-state index contributed by atoms with van der Waals surface area (Å²) in [5.41, 5.74) is 3.14. The monoisotopic (exact) mass is 276 g/mol. The molecule has 0 spiro atoms. The molecular formula is C15H20N2O3. The average molecular weight is 276 g/mol. The van der Waals surface area contributed by atoms with Crippen LogP contribution >= 0.6 is 0 Å². The fourth-order valence-electron chi connectivity index (χ4n) is 2.87. The van der Waals surface area contributed by atoms with E-state index < -0.39 is 11.3 Å². The molecule has 1 aromatic carbocycles. The second-order valence-corrected chi connectivity index (χ2v) is 5.37. The van der Waals surface area contributed by atoms with Crippen LogP contribution < -0.4 is 10.8 Å². The number of hydroxylamine groups is 1. The summed E-state index contributed by atoms with van der Waals surface area (Å²) in [6, 6.07) is 7.99. The second-order valence-electron chi connectivity index (χ2n) is 5.37. The van der Waals surface area contributed by atoms with E-state index in [2.05, 4.69) is 5.32 Å². The lowest BCUT2D eigenvalue weighted by Gasteiger charge is -2.28. The number of aryl methyl sites for hydroxylation is 1. The van der Waals surface area contributed by atoms with Gasteiger partial charge in [-0.05, 0) is 25.3 Å². The molecule has 2 amide bonds. The van der Waals surface area contributed by atoms with Gasteiger partial charge >= 0.3 is 0 Å². The first-order valence-electron chi connectivity index (χ1n) is 6.87. The zero-order chi connectivity index (χ0) is 14.6. The van der Waals surface area contributed by atoms with Gasteiger partial charge in [0.1, 0.15) is 0 Å². The molecule has 0 radical (unpaired) electrons. The van der Waals surface area contributed by atoms with Crippen molar-refractivity contribution in [2.45, 2.75) is 38.0 Å². The first-order valence-corrected chi connectivity index (χ1v) is 6.87. The molecule has 0 aromatic heterocycles. The highest BCUT2D eigenvalue weighted by molar-refractivity contribution is 5.91. The molecule has 3 N–H and O–H groups in total. The lowest BCUT2D eigenvalue weighted by Crippen LogP contribution is -2.46. The van der Waals surface area contributed by atoms with Crippen LogP contribution in [0.2, 0.25) is 0 Å². The molecule has 0 heterocycles. The molecule has 0 aliphatic heterocycles. The summed E-state index contributed by atoms with van der Waals surface area (Å²) in [6.45, 7) is 1.81. The first kappa shape index (κ1) is 14.5. The van der Waals surface area contributed by atoms with E-state index in [0.29, 0.717) is 0 Å². The summed E-state index contributed by atoms with van der Waals surface area (Å²) < 4.78 is 0. The van der Waals surface area contributed by atoms with Crippen molar-refractivity contribution in [2.75, 3.05) is 6.54 Å². The SMILES string of the molecule is Cc1ccc(C2(C(=O)NCC(=O)NO)CCCC2)cc1. The van der Waals surface area contributed by atoms with Crippen LogP contribution in [0, 0.1) is 6.92 Å². The topological polar surface area (TPSA) is 78.4 Å². The predicted octanol–water partition coefficient (Wildman–Crippen LogP) is 1.43. The Bertz CT molecular complexity index is 490. The van der Waals surface area contributed by atoms with E-state index >= 15 is 0 Å². The van der Waals surface area contributed by atoms with Crippen LogP contribution in [0.4, 0.5) is 0 Å². The third-order valence-electron chi connectivity index (χ3n) is 4.03. The minimum atomic E-state index is -0.615. The molecule has 0 atom stereocenters. The molecule has 1 aliphatic carbocycles. The van der Waals surface area contributed by atoms with Crippen LogP contribution in [0.3, 0.4) is 0 Å². The number of hydrogen-bond acceptors (Lipinski definition) is 3. The molecule has 1 aromatic rings. The zero-order valence-corrected chi connectivity index (χ0v) is 11.6. The van der Waals surface area contributed by atoms with Crippen LogP contribution in [-0.2, 0) is 15.0 Å². The van der Waals surface area contributed by atoms with Crippen LogP contribution in [0.25, 0.3) is 0 Å². The van der Waals surface area contributed by atoms with Gasteiger partial charge in [-0.3, -0.25) is 14.8 Å². The third kappa shape index (κ3) is 2.82. The van der Waals surface area contributed by atoms with Gasteiger partial charge in [0.15, 0.2) is 0 Å². The normalized spacial score (nSPS) is 16.7. The average Bonchev–Trinajstić information content (AvgIpc) is 2.95. The van der Waals surface area contributed by atoms with Crippen molar-refractivity contribution >= 4 is 11.8 Å². The maximum atomic E-state index is 12.5. The van der Waals surface area contributed by atoms with Gasteiger partial charge in [-0.1, -0.05) is 42.7 Å². The Kier molecular flexibility index (Phi) is 4.39. The predicted molar refractivity (Wildman–Crippen MR) is 74.3 cm³/mol. The van der Waals surface area contributed by atoms with Crippen LogP contribution in [0.1, 0.15) is 36.8 Å². The minimum absolute atomic E-state index is 0.137. The fourth-order valence-corrected chi connectivity index (χ4v) is 2.87. The summed E-state index contributed by atoms with van der Waals surface area (Å²) in [7, 11) is 0. The Labute approximate surface area is 118 Å². The fraction of sp³-hybridized carbons (Fsp3) is 0.467. The van der Waals surface area contributed by atoms with Gasteiger partial charge in [-0.25, -0.2) is 5.48 Å². The summed E-state index contributed by atoms with van der Waals surface area (Å²) in [5, 5.41) is 11.1. The van der Waals surface area contributed by atoms with Crippen molar-refractivity contribution in [1.29, 1.82) is 0 Å². The van der Waals surface area contributed by atoms with Gasteiger partial charge in [0.2, 0.25) is 5.91 Å².